The Bertz CT molecular complexity index is 975. The average Bonchev–Trinajstić information content (AvgIpc) is 2.72. The Balaban J connectivity index is 1.71. The number of rotatable bonds is 5. The van der Waals surface area contributed by atoms with E-state index in [1.807, 2.05) is 4.90 Å². The van der Waals surface area contributed by atoms with E-state index in [0.717, 1.165) is 0 Å². The topological polar surface area (TPSA) is 122 Å². The number of hydrogen-bond donors (Lipinski definition) is 1. The number of non-ortho nitro benzene ring substituents is 1. The highest BCUT2D eigenvalue weighted by molar-refractivity contribution is 6.33. The number of carbonyl (C=O) groups excluding carboxylic acids is 1. The molecule has 1 aliphatic rings. The van der Waals surface area contributed by atoms with Crippen molar-refractivity contribution in [2.24, 2.45) is 0 Å². The van der Waals surface area contributed by atoms with Crippen LogP contribution in [0.25, 0.3) is 0 Å². The predicted octanol–water partition coefficient (Wildman–Crippen LogP) is 3.16. The van der Waals surface area contributed by atoms with Crippen LogP contribution in [0.1, 0.15) is 10.4 Å². The summed E-state index contributed by atoms with van der Waals surface area (Å²) in [5.74, 6) is -0.287. The predicted molar refractivity (Wildman–Crippen MR) is 109 cm³/mol. The summed E-state index contributed by atoms with van der Waals surface area (Å²) in [7, 11) is 1.58. The minimum atomic E-state index is -0.531. The summed E-state index contributed by atoms with van der Waals surface area (Å²) < 4.78 is 0. The lowest BCUT2D eigenvalue weighted by Gasteiger charge is -2.36. The van der Waals surface area contributed by atoms with E-state index < -0.39 is 9.85 Å². The molecule has 152 valence electrons. The molecule has 0 aliphatic carbocycles. The maximum Gasteiger partial charge on any atom is 0.293 e. The highest BCUT2D eigenvalue weighted by Gasteiger charge is 2.26. The maximum atomic E-state index is 12.8. The summed E-state index contributed by atoms with van der Waals surface area (Å²) >= 11 is 6.18. The molecule has 1 aliphatic heterocycles. The summed E-state index contributed by atoms with van der Waals surface area (Å²) in [6.07, 6.45) is 0. The average molecular weight is 420 g/mol. The van der Waals surface area contributed by atoms with Crippen LogP contribution in [0.4, 0.5) is 22.7 Å². The number of benzene rings is 2. The molecule has 29 heavy (non-hydrogen) atoms. The summed E-state index contributed by atoms with van der Waals surface area (Å²) in [5.41, 5.74) is 1.01. The third-order valence-electron chi connectivity index (χ3n) is 4.76. The summed E-state index contributed by atoms with van der Waals surface area (Å²) in [4.78, 5) is 37.3. The molecule has 1 fully saturated rings. The second-order valence-corrected chi connectivity index (χ2v) is 6.82. The number of hydrogen-bond acceptors (Lipinski definition) is 7. The monoisotopic (exact) mass is 419 g/mol. The number of carbonyl (C=O) groups is 1. The lowest BCUT2D eigenvalue weighted by Crippen LogP contribution is -2.48. The van der Waals surface area contributed by atoms with Crippen molar-refractivity contribution in [1.82, 2.24) is 4.90 Å². The summed E-state index contributed by atoms with van der Waals surface area (Å²) in [6, 6.07) is 8.63. The number of anilines is 2. The van der Waals surface area contributed by atoms with E-state index in [4.69, 9.17) is 11.6 Å². The fourth-order valence-corrected chi connectivity index (χ4v) is 3.52. The SMILES string of the molecule is CNc1ccc(C(=O)N2CCN(c3ccc([N+](=O)[O-])cc3Cl)CC2)cc1[N+](=O)[O-]. The van der Waals surface area contributed by atoms with Crippen molar-refractivity contribution < 1.29 is 14.6 Å². The normalized spacial score (nSPS) is 13.9. The van der Waals surface area contributed by atoms with E-state index in [1.54, 1.807) is 24.1 Å². The van der Waals surface area contributed by atoms with Gasteiger partial charge in [-0.05, 0) is 18.2 Å². The van der Waals surface area contributed by atoms with E-state index in [0.29, 0.717) is 37.6 Å². The molecule has 10 nitrogen and oxygen atoms in total. The Morgan fingerprint density at radius 2 is 1.72 bits per heavy atom. The first-order valence-electron chi connectivity index (χ1n) is 8.76. The molecule has 2 aromatic rings. The zero-order valence-electron chi connectivity index (χ0n) is 15.5. The number of nitrogens with zero attached hydrogens (tertiary/aromatic N) is 4. The molecule has 1 N–H and O–H groups in total. The van der Waals surface area contributed by atoms with Gasteiger partial charge in [-0.25, -0.2) is 0 Å². The second-order valence-electron chi connectivity index (χ2n) is 6.41. The van der Waals surface area contributed by atoms with Gasteiger partial charge in [0, 0.05) is 57.0 Å². The van der Waals surface area contributed by atoms with Gasteiger partial charge in [0.2, 0.25) is 0 Å². The Hall–Kier alpha value is -3.40. The van der Waals surface area contributed by atoms with E-state index in [-0.39, 0.29) is 27.9 Å². The van der Waals surface area contributed by atoms with Crippen LogP contribution < -0.4 is 10.2 Å². The lowest BCUT2D eigenvalue weighted by molar-refractivity contribution is -0.384. The van der Waals surface area contributed by atoms with Crippen molar-refractivity contribution in [3.8, 4) is 0 Å². The molecular weight excluding hydrogens is 402 g/mol. The summed E-state index contributed by atoms with van der Waals surface area (Å²) in [6.45, 7) is 1.77. The van der Waals surface area contributed by atoms with Gasteiger partial charge in [-0.15, -0.1) is 0 Å². The number of piperazine rings is 1. The van der Waals surface area contributed by atoms with Gasteiger partial charge in [0.15, 0.2) is 0 Å². The molecular formula is C18H18ClN5O5. The molecule has 0 spiro atoms. The van der Waals surface area contributed by atoms with Gasteiger partial charge >= 0.3 is 0 Å². The smallest absolute Gasteiger partial charge is 0.293 e. The minimum Gasteiger partial charge on any atom is -0.383 e. The van der Waals surface area contributed by atoms with Crippen LogP contribution in [-0.4, -0.2) is 53.9 Å². The second kappa shape index (κ2) is 8.31. The first-order valence-corrected chi connectivity index (χ1v) is 9.14. The van der Waals surface area contributed by atoms with Crippen LogP contribution in [0.15, 0.2) is 36.4 Å². The largest absolute Gasteiger partial charge is 0.383 e. The number of nitro groups is 2. The van der Waals surface area contributed by atoms with Crippen molar-refractivity contribution in [2.45, 2.75) is 0 Å². The zero-order chi connectivity index (χ0) is 21.1. The van der Waals surface area contributed by atoms with Crippen molar-refractivity contribution >= 4 is 40.3 Å². The Morgan fingerprint density at radius 1 is 1.03 bits per heavy atom. The molecule has 0 radical (unpaired) electrons. The Labute approximate surface area is 171 Å². The third kappa shape index (κ3) is 4.21. The molecule has 1 saturated heterocycles. The highest BCUT2D eigenvalue weighted by atomic mass is 35.5. The zero-order valence-corrected chi connectivity index (χ0v) is 16.3. The van der Waals surface area contributed by atoms with Crippen molar-refractivity contribution in [3.05, 3.63) is 67.2 Å². The van der Waals surface area contributed by atoms with Gasteiger partial charge < -0.3 is 15.1 Å². The van der Waals surface area contributed by atoms with E-state index in [2.05, 4.69) is 5.32 Å². The van der Waals surface area contributed by atoms with Crippen LogP contribution in [0, 0.1) is 20.2 Å². The van der Waals surface area contributed by atoms with Crippen molar-refractivity contribution in [3.63, 3.8) is 0 Å². The molecule has 11 heteroatoms. The van der Waals surface area contributed by atoms with Crippen LogP contribution in [-0.2, 0) is 0 Å². The maximum absolute atomic E-state index is 12.8. The molecule has 0 unspecified atom stereocenters. The fraction of sp³-hybridized carbons (Fsp3) is 0.278. The lowest BCUT2D eigenvalue weighted by atomic mass is 10.1. The number of nitrogens with one attached hydrogen (secondary N) is 1. The van der Waals surface area contributed by atoms with Crippen LogP contribution in [0.2, 0.25) is 5.02 Å². The Morgan fingerprint density at radius 3 is 2.28 bits per heavy atom. The molecule has 2 aromatic carbocycles. The van der Waals surface area contributed by atoms with Crippen molar-refractivity contribution in [2.75, 3.05) is 43.4 Å². The molecule has 0 atom stereocenters. The van der Waals surface area contributed by atoms with E-state index in [9.17, 15) is 25.0 Å². The summed E-state index contributed by atoms with van der Waals surface area (Å²) in [5, 5.41) is 25.1. The van der Waals surface area contributed by atoms with Crippen LogP contribution in [0.5, 0.6) is 0 Å². The molecule has 1 amide bonds. The number of nitro benzene ring substituents is 2. The van der Waals surface area contributed by atoms with Gasteiger partial charge in [-0.2, -0.15) is 0 Å². The molecule has 3 rings (SSSR count). The fourth-order valence-electron chi connectivity index (χ4n) is 3.23. The van der Waals surface area contributed by atoms with E-state index >= 15 is 0 Å². The standard InChI is InChI=1S/C18H18ClN5O5/c1-20-15-4-2-12(10-17(15)24(28)29)18(25)22-8-6-21(7-9-22)16-5-3-13(23(26)27)11-14(16)19/h2-5,10-11,20H,6-9H2,1H3. The third-order valence-corrected chi connectivity index (χ3v) is 5.06. The van der Waals surface area contributed by atoms with Gasteiger partial charge in [-0.3, -0.25) is 25.0 Å². The first-order chi connectivity index (χ1) is 13.8. The van der Waals surface area contributed by atoms with Gasteiger partial charge in [0.25, 0.3) is 17.3 Å². The van der Waals surface area contributed by atoms with Crippen molar-refractivity contribution in [1.29, 1.82) is 0 Å². The number of halogens is 1. The quantitative estimate of drug-likeness (QED) is 0.583. The first kappa shape index (κ1) is 20.3. The van der Waals surface area contributed by atoms with Crippen LogP contribution >= 0.6 is 11.6 Å². The number of amides is 1. The molecule has 0 saturated carbocycles. The molecule has 1 heterocycles. The van der Waals surface area contributed by atoms with Gasteiger partial charge in [0.05, 0.1) is 20.6 Å². The van der Waals surface area contributed by atoms with Gasteiger partial charge in [0.1, 0.15) is 5.69 Å². The molecule has 0 bridgehead atoms. The molecule has 0 aromatic heterocycles. The van der Waals surface area contributed by atoms with Crippen LogP contribution in [0.3, 0.4) is 0 Å². The minimum absolute atomic E-state index is 0.0841. The Kier molecular flexibility index (Phi) is 5.83. The van der Waals surface area contributed by atoms with Gasteiger partial charge in [-0.1, -0.05) is 11.6 Å². The van der Waals surface area contributed by atoms with E-state index in [1.165, 1.54) is 24.3 Å². The highest BCUT2D eigenvalue weighted by Crippen LogP contribution is 2.31.